The molecular weight excluding hydrogens is 341 g/mol. The van der Waals surface area contributed by atoms with Crippen LogP contribution in [0.25, 0.3) is 5.82 Å². The van der Waals surface area contributed by atoms with Gasteiger partial charge in [0.25, 0.3) is 0 Å². The number of hydrogen-bond acceptors (Lipinski definition) is 3. The lowest BCUT2D eigenvalue weighted by atomic mass is 10.0. The molecule has 0 aromatic carbocycles. The van der Waals surface area contributed by atoms with E-state index in [1.807, 2.05) is 35.7 Å². The van der Waals surface area contributed by atoms with Gasteiger partial charge in [-0.3, -0.25) is 4.68 Å². The van der Waals surface area contributed by atoms with Crippen molar-refractivity contribution < 1.29 is 0 Å². The minimum absolute atomic E-state index is 0.168. The molecule has 18 heavy (non-hydrogen) atoms. The van der Waals surface area contributed by atoms with Crippen molar-refractivity contribution in [1.29, 1.82) is 0 Å². The average Bonchev–Trinajstić information content (AvgIpc) is 2.84. The van der Waals surface area contributed by atoms with Crippen LogP contribution in [0.3, 0.4) is 0 Å². The van der Waals surface area contributed by atoms with Crippen LogP contribution in [0.15, 0.2) is 12.4 Å². The van der Waals surface area contributed by atoms with Crippen LogP contribution in [0.4, 0.5) is 0 Å². The summed E-state index contributed by atoms with van der Waals surface area (Å²) in [6, 6.07) is 0.168. The summed E-state index contributed by atoms with van der Waals surface area (Å²) in [4.78, 5) is 0. The molecule has 5 nitrogen and oxygen atoms in total. The monoisotopic (exact) mass is 359 g/mol. The molecule has 0 aliphatic carbocycles. The fraction of sp³-hybridized carbons (Fsp3) is 0.500. The van der Waals surface area contributed by atoms with Crippen molar-refractivity contribution in [3.05, 3.63) is 27.2 Å². The first kappa shape index (κ1) is 13.5. The smallest absolute Gasteiger partial charge is 0.155 e. The highest BCUT2D eigenvalue weighted by Crippen LogP contribution is 2.20. The normalized spacial score (nSPS) is 12.9. The van der Waals surface area contributed by atoms with Crippen molar-refractivity contribution in [2.45, 2.75) is 32.7 Å². The molecule has 2 heterocycles. The Morgan fingerprint density at radius 3 is 2.78 bits per heavy atom. The van der Waals surface area contributed by atoms with E-state index < -0.39 is 0 Å². The van der Waals surface area contributed by atoms with E-state index in [-0.39, 0.29) is 6.04 Å². The maximum atomic E-state index is 6.07. The zero-order valence-corrected chi connectivity index (χ0v) is 13.0. The second-order valence-corrected chi connectivity index (χ2v) is 5.73. The molecule has 6 heteroatoms. The van der Waals surface area contributed by atoms with Crippen LogP contribution in [0.5, 0.6) is 0 Å². The minimum atomic E-state index is 0.168. The van der Waals surface area contributed by atoms with E-state index in [4.69, 9.17) is 5.73 Å². The van der Waals surface area contributed by atoms with E-state index in [0.29, 0.717) is 0 Å². The maximum absolute atomic E-state index is 6.07. The molecule has 98 valence electrons. The summed E-state index contributed by atoms with van der Waals surface area (Å²) in [6.45, 7) is 4.13. The van der Waals surface area contributed by atoms with Crippen LogP contribution >= 0.6 is 22.6 Å². The number of rotatable bonds is 4. The number of aryl methyl sites for hydroxylation is 2. The van der Waals surface area contributed by atoms with E-state index in [2.05, 4.69) is 39.7 Å². The molecule has 2 rings (SSSR count). The zero-order valence-electron chi connectivity index (χ0n) is 10.9. The van der Waals surface area contributed by atoms with Gasteiger partial charge in [-0.25, -0.2) is 4.68 Å². The van der Waals surface area contributed by atoms with Crippen LogP contribution in [0.2, 0.25) is 0 Å². The Morgan fingerprint density at radius 1 is 1.50 bits per heavy atom. The molecule has 0 aliphatic heterocycles. The van der Waals surface area contributed by atoms with Crippen LogP contribution in [-0.2, 0) is 13.5 Å². The van der Waals surface area contributed by atoms with Crippen LogP contribution in [-0.4, -0.2) is 25.6 Å². The van der Waals surface area contributed by atoms with Gasteiger partial charge in [0, 0.05) is 24.8 Å². The molecule has 2 N–H and O–H groups in total. The molecule has 0 bridgehead atoms. The topological polar surface area (TPSA) is 61.7 Å². The number of aromatic nitrogens is 4. The van der Waals surface area contributed by atoms with Crippen molar-refractivity contribution in [2.75, 3.05) is 0 Å². The first-order chi connectivity index (χ1) is 8.52. The van der Waals surface area contributed by atoms with Gasteiger partial charge in [0.05, 0.1) is 15.5 Å². The number of nitrogens with zero attached hydrogens (tertiary/aromatic N) is 4. The van der Waals surface area contributed by atoms with Gasteiger partial charge in [-0.1, -0.05) is 6.92 Å². The highest BCUT2D eigenvalue weighted by Gasteiger charge is 2.17. The Hall–Kier alpha value is -0.890. The summed E-state index contributed by atoms with van der Waals surface area (Å²) in [7, 11) is 1.94. The van der Waals surface area contributed by atoms with Crippen LogP contribution in [0.1, 0.15) is 24.6 Å². The lowest BCUT2D eigenvalue weighted by molar-refractivity contribution is 0.636. The SMILES string of the molecule is CCC(N)Cc1c(C)nn(C)c1-n1cc(I)cn1. The summed E-state index contributed by atoms with van der Waals surface area (Å²) in [5.41, 5.74) is 8.28. The van der Waals surface area contributed by atoms with E-state index in [9.17, 15) is 0 Å². The van der Waals surface area contributed by atoms with Crippen molar-refractivity contribution >= 4 is 22.6 Å². The lowest BCUT2D eigenvalue weighted by Gasteiger charge is -2.10. The zero-order chi connectivity index (χ0) is 13.3. The molecule has 1 atom stereocenters. The third-order valence-corrected chi connectivity index (χ3v) is 3.63. The van der Waals surface area contributed by atoms with E-state index >= 15 is 0 Å². The number of hydrogen-bond donors (Lipinski definition) is 1. The van der Waals surface area contributed by atoms with Gasteiger partial charge in [0.1, 0.15) is 0 Å². The van der Waals surface area contributed by atoms with Gasteiger partial charge in [0.2, 0.25) is 0 Å². The number of halogens is 1. The molecule has 0 radical (unpaired) electrons. The fourth-order valence-corrected chi connectivity index (χ4v) is 2.43. The van der Waals surface area contributed by atoms with E-state index in [1.165, 1.54) is 5.56 Å². The molecule has 0 aliphatic rings. The lowest BCUT2D eigenvalue weighted by Crippen LogP contribution is -2.22. The standard InChI is InChI=1S/C12H18IN5/c1-4-10(14)5-11-8(2)16-17(3)12(11)18-7-9(13)6-15-18/h6-7,10H,4-5,14H2,1-3H3. The molecule has 0 spiro atoms. The van der Waals surface area contributed by atoms with Gasteiger partial charge in [-0.2, -0.15) is 10.2 Å². The number of nitrogens with two attached hydrogens (primary N) is 1. The van der Waals surface area contributed by atoms with Gasteiger partial charge in [-0.15, -0.1) is 0 Å². The van der Waals surface area contributed by atoms with Crippen molar-refractivity contribution in [3.8, 4) is 5.82 Å². The first-order valence-electron chi connectivity index (χ1n) is 6.01. The molecule has 2 aromatic rings. The molecule has 1 unspecified atom stereocenters. The summed E-state index contributed by atoms with van der Waals surface area (Å²) >= 11 is 2.25. The second-order valence-electron chi connectivity index (χ2n) is 4.49. The predicted octanol–water partition coefficient (Wildman–Crippen LogP) is 1.80. The summed E-state index contributed by atoms with van der Waals surface area (Å²) in [5, 5.41) is 8.84. The largest absolute Gasteiger partial charge is 0.327 e. The summed E-state index contributed by atoms with van der Waals surface area (Å²) in [5.74, 6) is 1.01. The van der Waals surface area contributed by atoms with Gasteiger partial charge < -0.3 is 5.73 Å². The second kappa shape index (κ2) is 5.40. The third kappa shape index (κ3) is 2.59. The van der Waals surface area contributed by atoms with Gasteiger partial charge >= 0.3 is 0 Å². The first-order valence-corrected chi connectivity index (χ1v) is 7.09. The summed E-state index contributed by atoms with van der Waals surface area (Å²) in [6.07, 6.45) is 5.64. The molecule has 0 amide bonds. The Kier molecular flexibility index (Phi) is 4.06. The summed E-state index contributed by atoms with van der Waals surface area (Å²) < 4.78 is 4.85. The predicted molar refractivity (Wildman–Crippen MR) is 79.8 cm³/mol. The highest BCUT2D eigenvalue weighted by molar-refractivity contribution is 14.1. The molecule has 0 fully saturated rings. The molecular formula is C12H18IN5. The van der Waals surface area contributed by atoms with Crippen molar-refractivity contribution in [1.82, 2.24) is 19.6 Å². The molecule has 0 saturated carbocycles. The molecule has 0 saturated heterocycles. The van der Waals surface area contributed by atoms with Gasteiger partial charge in [0.15, 0.2) is 5.82 Å². The Morgan fingerprint density at radius 2 is 2.22 bits per heavy atom. The average molecular weight is 359 g/mol. The highest BCUT2D eigenvalue weighted by atomic mass is 127. The van der Waals surface area contributed by atoms with E-state index in [0.717, 1.165) is 27.9 Å². The Balaban J connectivity index is 2.45. The van der Waals surface area contributed by atoms with Crippen molar-refractivity contribution in [2.24, 2.45) is 12.8 Å². The van der Waals surface area contributed by atoms with Crippen LogP contribution in [0, 0.1) is 10.5 Å². The fourth-order valence-electron chi connectivity index (χ4n) is 2.04. The molecule has 2 aromatic heterocycles. The Labute approximate surface area is 120 Å². The van der Waals surface area contributed by atoms with E-state index in [1.54, 1.807) is 0 Å². The third-order valence-electron chi connectivity index (χ3n) is 3.07. The quantitative estimate of drug-likeness (QED) is 0.847. The maximum Gasteiger partial charge on any atom is 0.155 e. The van der Waals surface area contributed by atoms with Gasteiger partial charge in [-0.05, 0) is 42.4 Å². The van der Waals surface area contributed by atoms with Crippen LogP contribution < -0.4 is 5.73 Å². The Bertz CT molecular complexity index is 543. The minimum Gasteiger partial charge on any atom is -0.327 e. The van der Waals surface area contributed by atoms with Crippen molar-refractivity contribution in [3.63, 3.8) is 0 Å².